The fourth-order valence-corrected chi connectivity index (χ4v) is 3.16. The Morgan fingerprint density at radius 3 is 2.63 bits per heavy atom. The number of ether oxygens (including phenoxy) is 1. The minimum Gasteiger partial charge on any atom is -0.476 e. The van der Waals surface area contributed by atoms with Gasteiger partial charge >= 0.3 is 0 Å². The predicted octanol–water partition coefficient (Wildman–Crippen LogP) is 5.39. The highest BCUT2D eigenvalue weighted by Crippen LogP contribution is 2.34. The van der Waals surface area contributed by atoms with Crippen LogP contribution in [0.2, 0.25) is 5.02 Å². The molecule has 1 amide bonds. The number of fused-ring (bicyclic) bond motifs is 1. The van der Waals surface area contributed by atoms with Crippen molar-refractivity contribution in [2.24, 2.45) is 13.0 Å². The Kier molecular flexibility index (Phi) is 6.38. The van der Waals surface area contributed by atoms with Crippen molar-refractivity contribution in [2.45, 2.75) is 40.2 Å². The van der Waals surface area contributed by atoms with Gasteiger partial charge in [0.05, 0.1) is 12.2 Å². The summed E-state index contributed by atoms with van der Waals surface area (Å²) in [6.45, 7) is 10.3. The summed E-state index contributed by atoms with van der Waals surface area (Å²) in [6.07, 6.45) is 3.76. The van der Waals surface area contributed by atoms with Crippen LogP contribution in [0.3, 0.4) is 0 Å². The fourth-order valence-electron chi connectivity index (χ4n) is 2.94. The molecule has 1 N–H and O–H groups in total. The van der Waals surface area contributed by atoms with Crippen LogP contribution in [0.4, 0.5) is 0 Å². The molecule has 0 saturated heterocycles. The Morgan fingerprint density at radius 1 is 1.27 bits per heavy atom. The lowest BCUT2D eigenvalue weighted by Crippen LogP contribution is -2.33. The molecule has 2 heterocycles. The molecule has 3 rings (SSSR count). The summed E-state index contributed by atoms with van der Waals surface area (Å²) in [5.74, 6) is 0.541. The Bertz CT molecular complexity index is 1070. The normalized spacial score (nSPS) is 11.9. The van der Waals surface area contributed by atoms with E-state index < -0.39 is 5.60 Å². The zero-order valence-electron chi connectivity index (χ0n) is 18.2. The van der Waals surface area contributed by atoms with E-state index >= 15 is 0 Å². The molecule has 0 aliphatic carbocycles. The summed E-state index contributed by atoms with van der Waals surface area (Å²) < 4.78 is 7.64. The third-order valence-corrected chi connectivity index (χ3v) is 4.65. The highest BCUT2D eigenvalue weighted by Gasteiger charge is 2.17. The molecule has 0 atom stereocenters. The number of carbonyl (C=O) groups excluding carboxylic acids is 1. The summed E-state index contributed by atoms with van der Waals surface area (Å²) in [5, 5.41) is 1.47. The van der Waals surface area contributed by atoms with Gasteiger partial charge in [-0.15, -0.1) is 0 Å². The molecule has 0 unspecified atom stereocenters. The van der Waals surface area contributed by atoms with Crippen molar-refractivity contribution in [3.63, 3.8) is 0 Å². The maximum Gasteiger partial charge on any atom is 0.274 e. The highest BCUT2D eigenvalue weighted by atomic mass is 35.5. The maximum atomic E-state index is 12.4. The van der Waals surface area contributed by atoms with Gasteiger partial charge in [-0.3, -0.25) is 9.63 Å². The first-order valence-electron chi connectivity index (χ1n) is 9.91. The number of carbonyl (C=O) groups is 1. The molecule has 2 aromatic heterocycles. The van der Waals surface area contributed by atoms with Crippen molar-refractivity contribution in [1.29, 1.82) is 0 Å². The number of nitrogens with zero attached hydrogens (tertiary/aromatic N) is 2. The van der Waals surface area contributed by atoms with Crippen LogP contribution in [0.5, 0.6) is 5.88 Å². The monoisotopic (exact) mass is 429 g/mol. The largest absolute Gasteiger partial charge is 0.476 e. The fraction of sp³-hybridized carbons (Fsp3) is 0.391. The Hall–Kier alpha value is -2.57. The van der Waals surface area contributed by atoms with Gasteiger partial charge < -0.3 is 9.30 Å². The van der Waals surface area contributed by atoms with Gasteiger partial charge in [-0.1, -0.05) is 31.5 Å². The van der Waals surface area contributed by atoms with Crippen molar-refractivity contribution in [3.05, 3.63) is 47.2 Å². The Labute approximate surface area is 182 Å². The zero-order chi connectivity index (χ0) is 22.1. The molecule has 0 aliphatic rings. The van der Waals surface area contributed by atoms with E-state index in [1.807, 2.05) is 56.8 Å². The molecule has 0 radical (unpaired) electrons. The molecule has 0 bridgehead atoms. The number of aromatic nitrogens is 2. The number of rotatable bonds is 6. The number of hydroxylamine groups is 1. The average Bonchev–Trinajstić information content (AvgIpc) is 3.00. The van der Waals surface area contributed by atoms with Gasteiger partial charge in [-0.05, 0) is 44.9 Å². The van der Waals surface area contributed by atoms with E-state index in [0.29, 0.717) is 29.0 Å². The molecular weight excluding hydrogens is 402 g/mol. The van der Waals surface area contributed by atoms with Gasteiger partial charge in [0.25, 0.3) is 5.91 Å². The van der Waals surface area contributed by atoms with Crippen molar-refractivity contribution in [2.75, 3.05) is 6.61 Å². The van der Waals surface area contributed by atoms with Crippen LogP contribution >= 0.6 is 11.6 Å². The summed E-state index contributed by atoms with van der Waals surface area (Å²) >= 11 is 6.40. The molecule has 30 heavy (non-hydrogen) atoms. The highest BCUT2D eigenvalue weighted by molar-refractivity contribution is 6.32. The van der Waals surface area contributed by atoms with Gasteiger partial charge in [-0.25, -0.2) is 10.5 Å². The predicted molar refractivity (Wildman–Crippen MR) is 120 cm³/mol. The van der Waals surface area contributed by atoms with Crippen molar-refractivity contribution in [3.8, 4) is 17.0 Å². The van der Waals surface area contributed by atoms with E-state index in [9.17, 15) is 4.79 Å². The molecule has 7 heteroatoms. The second kappa shape index (κ2) is 8.66. The second-order valence-electron chi connectivity index (χ2n) is 8.75. The van der Waals surface area contributed by atoms with Gasteiger partial charge in [0.2, 0.25) is 5.88 Å². The van der Waals surface area contributed by atoms with Gasteiger partial charge in [-0.2, -0.15) is 0 Å². The van der Waals surface area contributed by atoms with Crippen LogP contribution in [0.15, 0.2) is 36.7 Å². The molecule has 0 aliphatic heterocycles. The topological polar surface area (TPSA) is 65.4 Å². The minimum absolute atomic E-state index is 0.286. The van der Waals surface area contributed by atoms with Crippen LogP contribution in [0, 0.1) is 5.92 Å². The first-order valence-corrected chi connectivity index (χ1v) is 10.3. The lowest BCUT2D eigenvalue weighted by Gasteiger charge is -2.18. The average molecular weight is 430 g/mol. The van der Waals surface area contributed by atoms with Crippen LogP contribution in [-0.4, -0.2) is 27.7 Å². The lowest BCUT2D eigenvalue weighted by molar-refractivity contribution is -0.0589. The molecule has 6 nitrogen and oxygen atoms in total. The molecule has 1 aromatic carbocycles. The van der Waals surface area contributed by atoms with Crippen LogP contribution in [-0.2, 0) is 11.9 Å². The number of pyridine rings is 1. The maximum absolute atomic E-state index is 12.4. The summed E-state index contributed by atoms with van der Waals surface area (Å²) in [5.41, 5.74) is 5.35. The Morgan fingerprint density at radius 2 is 2.00 bits per heavy atom. The molecule has 160 valence electrons. The van der Waals surface area contributed by atoms with Crippen molar-refractivity contribution >= 4 is 28.4 Å². The van der Waals surface area contributed by atoms with E-state index in [2.05, 4.69) is 24.3 Å². The Balaban J connectivity index is 1.89. The number of amides is 1. The standard InChI is InChI=1S/C23H28ClN3O3/c1-14(2)13-29-22-19(24)9-16(11-25-22)18-12-27(6)20-10-15(7-8-17(18)20)21(28)26-30-23(3,4)5/h7-12,14H,13H2,1-6H3,(H,26,28). The van der Waals surface area contributed by atoms with Gasteiger partial charge in [0.15, 0.2) is 0 Å². The molecular formula is C23H28ClN3O3. The smallest absolute Gasteiger partial charge is 0.274 e. The van der Waals surface area contributed by atoms with Gasteiger partial charge in [0, 0.05) is 47.0 Å². The van der Waals surface area contributed by atoms with E-state index in [-0.39, 0.29) is 5.91 Å². The SMILES string of the molecule is CC(C)COc1ncc(-c2cn(C)c3cc(C(=O)NOC(C)(C)C)ccc23)cc1Cl. The van der Waals surface area contributed by atoms with Crippen LogP contribution < -0.4 is 10.2 Å². The van der Waals surface area contributed by atoms with Crippen LogP contribution in [0.1, 0.15) is 45.0 Å². The zero-order valence-corrected chi connectivity index (χ0v) is 19.0. The number of halogens is 1. The summed E-state index contributed by atoms with van der Waals surface area (Å²) in [6, 6.07) is 7.40. The second-order valence-corrected chi connectivity index (χ2v) is 9.15. The van der Waals surface area contributed by atoms with E-state index in [0.717, 1.165) is 22.0 Å². The van der Waals surface area contributed by atoms with E-state index in [1.54, 1.807) is 12.3 Å². The van der Waals surface area contributed by atoms with E-state index in [4.69, 9.17) is 21.2 Å². The number of nitrogens with one attached hydrogen (secondary N) is 1. The third kappa shape index (κ3) is 5.12. The first-order chi connectivity index (χ1) is 14.0. The molecule has 0 saturated carbocycles. The first kappa shape index (κ1) is 22.1. The molecule has 0 spiro atoms. The number of aryl methyl sites for hydroxylation is 1. The summed E-state index contributed by atoms with van der Waals surface area (Å²) in [7, 11) is 1.94. The third-order valence-electron chi connectivity index (χ3n) is 4.37. The van der Waals surface area contributed by atoms with Crippen molar-refractivity contribution in [1.82, 2.24) is 15.0 Å². The van der Waals surface area contributed by atoms with Gasteiger partial charge in [0.1, 0.15) is 5.02 Å². The summed E-state index contributed by atoms with van der Waals surface area (Å²) in [4.78, 5) is 22.2. The van der Waals surface area contributed by atoms with Crippen molar-refractivity contribution < 1.29 is 14.4 Å². The molecule has 3 aromatic rings. The minimum atomic E-state index is -0.463. The number of hydrogen-bond donors (Lipinski definition) is 1. The van der Waals surface area contributed by atoms with E-state index in [1.165, 1.54) is 0 Å². The quantitative estimate of drug-likeness (QED) is 0.533. The molecule has 0 fully saturated rings. The lowest BCUT2D eigenvalue weighted by atomic mass is 10.0. The number of hydrogen-bond acceptors (Lipinski definition) is 4. The van der Waals surface area contributed by atoms with Crippen LogP contribution in [0.25, 0.3) is 22.0 Å². The number of benzene rings is 1.